The zero-order chi connectivity index (χ0) is 25.1. The van der Waals surface area contributed by atoms with Crippen LogP contribution in [0.1, 0.15) is 44.4 Å². The first kappa shape index (κ1) is 23.0. The first-order valence-corrected chi connectivity index (χ1v) is 11.5. The molecule has 3 atom stereocenters. The molecule has 2 aromatic carbocycles. The lowest BCUT2D eigenvalue weighted by Crippen LogP contribution is -2.57. The molecule has 35 heavy (non-hydrogen) atoms. The van der Waals surface area contributed by atoms with Crippen molar-refractivity contribution in [2.24, 2.45) is 0 Å². The van der Waals surface area contributed by atoms with Crippen LogP contribution >= 0.6 is 0 Å². The van der Waals surface area contributed by atoms with Gasteiger partial charge in [-0.3, -0.25) is 14.6 Å². The number of hydrazine groups is 1. The summed E-state index contributed by atoms with van der Waals surface area (Å²) in [5.41, 5.74) is -0.915. The highest BCUT2D eigenvalue weighted by atomic mass is 16.6. The van der Waals surface area contributed by atoms with Gasteiger partial charge in [-0.1, -0.05) is 48.5 Å². The van der Waals surface area contributed by atoms with Crippen LogP contribution in [0.25, 0.3) is 0 Å². The first-order valence-electron chi connectivity index (χ1n) is 11.5. The van der Waals surface area contributed by atoms with Crippen LogP contribution < -0.4 is 4.90 Å². The molecule has 2 saturated heterocycles. The van der Waals surface area contributed by atoms with E-state index >= 15 is 0 Å². The Kier molecular flexibility index (Phi) is 5.21. The lowest BCUT2D eigenvalue weighted by atomic mass is 9.68. The summed E-state index contributed by atoms with van der Waals surface area (Å²) < 4.78 is 10.7. The largest absolute Gasteiger partial charge is 0.467 e. The highest BCUT2D eigenvalue weighted by molar-refractivity contribution is 6.23. The van der Waals surface area contributed by atoms with Crippen LogP contribution in [0, 0.1) is 0 Å². The zero-order valence-electron chi connectivity index (χ0n) is 20.1. The Morgan fingerprint density at radius 3 is 2.31 bits per heavy atom. The van der Waals surface area contributed by atoms with Crippen molar-refractivity contribution in [1.29, 1.82) is 0 Å². The minimum atomic E-state index is -1.61. The third kappa shape index (κ3) is 3.18. The Bertz CT molecular complexity index is 1220. The molecule has 5 rings (SSSR count). The molecule has 9 nitrogen and oxygen atoms in total. The van der Waals surface area contributed by atoms with E-state index in [2.05, 4.69) is 0 Å². The summed E-state index contributed by atoms with van der Waals surface area (Å²) in [6.45, 7) is 5.48. The lowest BCUT2D eigenvalue weighted by Gasteiger charge is -2.34. The zero-order valence-corrected chi connectivity index (χ0v) is 20.1. The first-order chi connectivity index (χ1) is 16.6. The maximum absolute atomic E-state index is 14.5. The number of hydrogen-bond donors (Lipinski definition) is 0. The van der Waals surface area contributed by atoms with Gasteiger partial charge in [-0.15, -0.1) is 0 Å². The number of ether oxygens (including phenoxy) is 2. The van der Waals surface area contributed by atoms with Gasteiger partial charge in [0.05, 0.1) is 18.8 Å². The quantitative estimate of drug-likeness (QED) is 0.614. The fraction of sp³-hybridized carbons (Fsp3) is 0.385. The molecule has 0 N–H and O–H groups in total. The average Bonchev–Trinajstić information content (AvgIpc) is 3.42. The van der Waals surface area contributed by atoms with E-state index in [0.29, 0.717) is 17.8 Å². The summed E-state index contributed by atoms with van der Waals surface area (Å²) in [6, 6.07) is 14.1. The molecule has 1 spiro atoms. The maximum atomic E-state index is 14.5. The molecule has 3 aliphatic heterocycles. The number of carbonyl (C=O) groups excluding carboxylic acids is 4. The standard InChI is InChI=1S/C26H27N3O6/c1-25(2,3)35-24(33)28-18-13-9-8-12-17(18)26(23(28)32)20(16-10-6-5-7-11-16)27-15-14-19(30)29(27)21(26)22(31)34-4/h5-13,20-21H,14-15H2,1-4H3/t20-,21+,26?/m0/s1. The third-order valence-electron chi connectivity index (χ3n) is 6.76. The van der Waals surface area contributed by atoms with Crippen LogP contribution in [-0.2, 0) is 29.3 Å². The number of rotatable bonds is 2. The Morgan fingerprint density at radius 1 is 1.00 bits per heavy atom. The number of anilines is 1. The van der Waals surface area contributed by atoms with Gasteiger partial charge >= 0.3 is 12.1 Å². The molecule has 2 aromatic rings. The van der Waals surface area contributed by atoms with Gasteiger partial charge in [0.25, 0.3) is 5.91 Å². The summed E-state index contributed by atoms with van der Waals surface area (Å²) >= 11 is 0. The monoisotopic (exact) mass is 477 g/mol. The summed E-state index contributed by atoms with van der Waals surface area (Å²) in [5.74, 6) is -1.63. The molecule has 9 heteroatoms. The maximum Gasteiger partial charge on any atom is 0.421 e. The summed E-state index contributed by atoms with van der Waals surface area (Å²) in [4.78, 5) is 55.3. The van der Waals surface area contributed by atoms with E-state index in [1.54, 1.807) is 50.0 Å². The van der Waals surface area contributed by atoms with Gasteiger partial charge in [-0.05, 0) is 38.0 Å². The molecule has 3 heterocycles. The van der Waals surface area contributed by atoms with E-state index in [1.807, 2.05) is 30.3 Å². The highest BCUT2D eigenvalue weighted by Crippen LogP contribution is 2.60. The summed E-state index contributed by atoms with van der Waals surface area (Å²) in [6.07, 6.45) is -0.631. The smallest absolute Gasteiger partial charge is 0.421 e. The Hall–Kier alpha value is -3.72. The number of para-hydroxylation sites is 1. The van der Waals surface area contributed by atoms with Crippen LogP contribution in [0.15, 0.2) is 54.6 Å². The van der Waals surface area contributed by atoms with Crippen molar-refractivity contribution < 1.29 is 28.7 Å². The van der Waals surface area contributed by atoms with Gasteiger partial charge in [-0.25, -0.2) is 19.5 Å². The normalized spacial score (nSPS) is 25.7. The minimum Gasteiger partial charge on any atom is -0.467 e. The van der Waals surface area contributed by atoms with E-state index in [1.165, 1.54) is 12.1 Å². The summed E-state index contributed by atoms with van der Waals surface area (Å²) in [5, 5.41) is 3.13. The molecule has 3 amide bonds. The topological polar surface area (TPSA) is 96.5 Å². The van der Waals surface area contributed by atoms with Gasteiger partial charge in [-0.2, -0.15) is 0 Å². The molecule has 2 fully saturated rings. The van der Waals surface area contributed by atoms with Crippen LogP contribution in [0.4, 0.5) is 10.5 Å². The van der Waals surface area contributed by atoms with Crippen LogP contribution in [0.5, 0.6) is 0 Å². The van der Waals surface area contributed by atoms with Crippen molar-refractivity contribution >= 4 is 29.6 Å². The van der Waals surface area contributed by atoms with Crippen LogP contribution in [0.2, 0.25) is 0 Å². The fourth-order valence-corrected chi connectivity index (χ4v) is 5.61. The summed E-state index contributed by atoms with van der Waals surface area (Å²) in [7, 11) is 1.23. The number of hydrogen-bond acceptors (Lipinski definition) is 7. The molecule has 0 aromatic heterocycles. The number of benzene rings is 2. The molecule has 0 bridgehead atoms. The Labute approximate surface area is 203 Å². The van der Waals surface area contributed by atoms with E-state index < -0.39 is 41.1 Å². The molecule has 0 saturated carbocycles. The highest BCUT2D eigenvalue weighted by Gasteiger charge is 2.74. The van der Waals surface area contributed by atoms with Crippen molar-refractivity contribution in [3.05, 3.63) is 65.7 Å². The molecular weight excluding hydrogens is 450 g/mol. The van der Waals surface area contributed by atoms with Crippen LogP contribution in [0.3, 0.4) is 0 Å². The van der Waals surface area contributed by atoms with E-state index in [-0.39, 0.29) is 12.3 Å². The van der Waals surface area contributed by atoms with Crippen molar-refractivity contribution in [2.45, 2.75) is 50.3 Å². The van der Waals surface area contributed by atoms with Crippen molar-refractivity contribution in [1.82, 2.24) is 10.0 Å². The second-order valence-electron chi connectivity index (χ2n) is 9.90. The molecule has 0 radical (unpaired) electrons. The number of nitrogens with zero attached hydrogens (tertiary/aromatic N) is 3. The molecule has 1 unspecified atom stereocenters. The lowest BCUT2D eigenvalue weighted by molar-refractivity contribution is -0.158. The third-order valence-corrected chi connectivity index (χ3v) is 6.76. The van der Waals surface area contributed by atoms with Crippen LogP contribution in [-0.4, -0.2) is 59.2 Å². The van der Waals surface area contributed by atoms with Crippen molar-refractivity contribution in [3.8, 4) is 0 Å². The fourth-order valence-electron chi connectivity index (χ4n) is 5.61. The van der Waals surface area contributed by atoms with Gasteiger partial charge in [0, 0.05) is 13.0 Å². The van der Waals surface area contributed by atoms with E-state index in [4.69, 9.17) is 9.47 Å². The molecule has 0 aliphatic carbocycles. The Balaban J connectivity index is 1.80. The second-order valence-corrected chi connectivity index (χ2v) is 9.90. The molecule has 3 aliphatic rings. The number of methoxy groups -OCH3 is 1. The van der Waals surface area contributed by atoms with Gasteiger partial charge < -0.3 is 9.47 Å². The van der Waals surface area contributed by atoms with Crippen molar-refractivity contribution in [2.75, 3.05) is 18.6 Å². The number of amides is 3. The predicted octanol–water partition coefficient (Wildman–Crippen LogP) is 2.95. The number of carbonyl (C=O) groups is 4. The molecule has 182 valence electrons. The van der Waals surface area contributed by atoms with Gasteiger partial charge in [0.2, 0.25) is 5.91 Å². The van der Waals surface area contributed by atoms with E-state index in [0.717, 1.165) is 10.5 Å². The molecular formula is C26H27N3O6. The predicted molar refractivity (Wildman–Crippen MR) is 125 cm³/mol. The number of fused-ring (bicyclic) bond motifs is 3. The number of esters is 1. The number of imide groups is 1. The minimum absolute atomic E-state index is 0.207. The second kappa shape index (κ2) is 7.91. The van der Waals surface area contributed by atoms with E-state index in [9.17, 15) is 19.2 Å². The van der Waals surface area contributed by atoms with Gasteiger partial charge in [0.1, 0.15) is 11.0 Å². The average molecular weight is 478 g/mol. The SMILES string of the molecule is COC(=O)[C@H]1N2C(=O)CCN2[C@@H](c2ccccc2)C12C(=O)N(C(=O)OC(C)(C)C)c1ccccc12. The van der Waals surface area contributed by atoms with Crippen molar-refractivity contribution in [3.63, 3.8) is 0 Å². The Morgan fingerprint density at radius 2 is 1.66 bits per heavy atom. The van der Waals surface area contributed by atoms with Gasteiger partial charge in [0.15, 0.2) is 6.04 Å².